The van der Waals surface area contributed by atoms with Crippen LogP contribution in [-0.2, 0) is 19.4 Å². The van der Waals surface area contributed by atoms with Gasteiger partial charge in [-0.05, 0) is 99.2 Å². The molecule has 0 heterocycles. The third kappa shape index (κ3) is 3.20. The van der Waals surface area contributed by atoms with E-state index in [9.17, 15) is 13.2 Å². The predicted molar refractivity (Wildman–Crippen MR) is 102 cm³/mol. The second kappa shape index (κ2) is 6.53. The van der Waals surface area contributed by atoms with E-state index in [1.54, 1.807) is 6.92 Å². The highest BCUT2D eigenvalue weighted by Gasteiger charge is 2.60. The number of carbonyl (C=O) groups excluding carboxylic acids is 1. The van der Waals surface area contributed by atoms with Gasteiger partial charge in [0.2, 0.25) is 0 Å². The number of Topliss-reactive ketones (excluding diaryl/α,β-unsaturated/α-hetero) is 1. The molecule has 0 spiro atoms. The zero-order valence-corrected chi connectivity index (χ0v) is 17.6. The number of hydrogen-bond acceptors (Lipinski definition) is 4. The molecule has 0 aliphatic heterocycles. The molecule has 154 valence electrons. The third-order valence-corrected chi connectivity index (χ3v) is 9.88. The summed E-state index contributed by atoms with van der Waals surface area (Å²) in [5, 5.41) is 0. The van der Waals surface area contributed by atoms with E-state index < -0.39 is 10.4 Å². The summed E-state index contributed by atoms with van der Waals surface area (Å²) in [7, 11) is -4.37. The van der Waals surface area contributed by atoms with Crippen molar-refractivity contribution in [1.82, 2.24) is 0 Å². The minimum Gasteiger partial charge on any atom is -0.300 e. The number of rotatable bonds is 3. The highest BCUT2D eigenvalue weighted by molar-refractivity contribution is 7.80. The Hall–Kier alpha value is -0.460. The Morgan fingerprint density at radius 1 is 0.963 bits per heavy atom. The van der Waals surface area contributed by atoms with Crippen LogP contribution in [0.1, 0.15) is 78.6 Å². The normalized spacial score (nSPS) is 49.8. The second-order valence-electron chi connectivity index (χ2n) is 10.4. The Morgan fingerprint density at radius 2 is 1.63 bits per heavy atom. The average Bonchev–Trinajstić information content (AvgIpc) is 2.91. The first kappa shape index (κ1) is 19.8. The second-order valence-corrected chi connectivity index (χ2v) is 11.4. The molecular weight excluding hydrogens is 364 g/mol. The van der Waals surface area contributed by atoms with Crippen LogP contribution in [0.5, 0.6) is 0 Å². The lowest BCUT2D eigenvalue weighted by Crippen LogP contribution is -2.54. The number of hydrogen-bond donors (Lipinski definition) is 1. The first-order chi connectivity index (χ1) is 12.5. The standard InChI is InChI=1S/C21H34O5S/c1-13(22)17-6-7-18-16-5-4-14-12-15(26-27(23,24)25)8-10-20(14,2)19(16)9-11-21(17,18)3/h14-19H,4-12H2,1-3H3,(H,23,24,25)/t14-,15-,16+,17-,18+,19+,20+,21-/m0/s1. The van der Waals surface area contributed by atoms with Gasteiger partial charge in [0.15, 0.2) is 0 Å². The van der Waals surface area contributed by atoms with Crippen molar-refractivity contribution in [2.45, 2.75) is 84.7 Å². The topological polar surface area (TPSA) is 80.7 Å². The highest BCUT2D eigenvalue weighted by Crippen LogP contribution is 2.67. The van der Waals surface area contributed by atoms with Gasteiger partial charge in [0.1, 0.15) is 5.78 Å². The van der Waals surface area contributed by atoms with Gasteiger partial charge in [0.25, 0.3) is 0 Å². The molecular formula is C21H34O5S. The van der Waals surface area contributed by atoms with Gasteiger partial charge in [0, 0.05) is 5.92 Å². The molecule has 4 aliphatic rings. The van der Waals surface area contributed by atoms with Gasteiger partial charge < -0.3 is 0 Å². The van der Waals surface area contributed by atoms with Crippen LogP contribution in [0.4, 0.5) is 0 Å². The molecule has 0 aromatic carbocycles. The fourth-order valence-electron chi connectivity index (χ4n) is 8.15. The van der Waals surface area contributed by atoms with Gasteiger partial charge >= 0.3 is 10.4 Å². The highest BCUT2D eigenvalue weighted by atomic mass is 32.3. The zero-order valence-electron chi connectivity index (χ0n) is 16.8. The molecule has 27 heavy (non-hydrogen) atoms. The molecule has 4 saturated carbocycles. The van der Waals surface area contributed by atoms with Crippen molar-refractivity contribution in [3.63, 3.8) is 0 Å². The van der Waals surface area contributed by atoms with E-state index in [1.165, 1.54) is 19.3 Å². The van der Waals surface area contributed by atoms with Gasteiger partial charge in [-0.25, -0.2) is 4.18 Å². The molecule has 4 fully saturated rings. The van der Waals surface area contributed by atoms with E-state index in [1.807, 2.05) is 0 Å². The minimum absolute atomic E-state index is 0.182. The summed E-state index contributed by atoms with van der Waals surface area (Å²) >= 11 is 0. The SMILES string of the molecule is CC(=O)[C@@H]1CC[C@@H]2[C@H]3CC[C@H]4C[C@@H](OS(=O)(=O)O)CC[C@@]4(C)[C@@H]3CC[C@]21C. The summed E-state index contributed by atoms with van der Waals surface area (Å²) in [6.07, 6.45) is 8.92. The monoisotopic (exact) mass is 398 g/mol. The number of fused-ring (bicyclic) bond motifs is 5. The van der Waals surface area contributed by atoms with Crippen molar-refractivity contribution in [2.24, 2.45) is 40.4 Å². The van der Waals surface area contributed by atoms with Gasteiger partial charge in [-0.15, -0.1) is 0 Å². The first-order valence-electron chi connectivity index (χ1n) is 10.7. The van der Waals surface area contributed by atoms with Crippen molar-refractivity contribution in [1.29, 1.82) is 0 Å². The lowest BCUT2D eigenvalue weighted by molar-refractivity contribution is -0.137. The summed E-state index contributed by atoms with van der Waals surface area (Å²) < 4.78 is 36.2. The molecule has 0 saturated heterocycles. The molecule has 5 nitrogen and oxygen atoms in total. The summed E-state index contributed by atoms with van der Waals surface area (Å²) in [5.41, 5.74) is 0.416. The quantitative estimate of drug-likeness (QED) is 0.712. The molecule has 0 aromatic heterocycles. The maximum Gasteiger partial charge on any atom is 0.397 e. The Kier molecular flexibility index (Phi) is 4.80. The summed E-state index contributed by atoms with van der Waals surface area (Å²) in [6, 6.07) is 0. The van der Waals surface area contributed by atoms with Crippen LogP contribution in [0.15, 0.2) is 0 Å². The molecule has 4 rings (SSSR count). The molecule has 6 heteroatoms. The Morgan fingerprint density at radius 3 is 2.30 bits per heavy atom. The van der Waals surface area contributed by atoms with Crippen molar-refractivity contribution in [2.75, 3.05) is 0 Å². The van der Waals surface area contributed by atoms with Crippen molar-refractivity contribution < 1.29 is 21.9 Å². The fourth-order valence-corrected chi connectivity index (χ4v) is 8.66. The first-order valence-corrected chi connectivity index (χ1v) is 12.1. The lowest BCUT2D eigenvalue weighted by Gasteiger charge is -2.61. The molecule has 0 radical (unpaired) electrons. The lowest BCUT2D eigenvalue weighted by atomic mass is 9.44. The summed E-state index contributed by atoms with van der Waals surface area (Å²) in [4.78, 5) is 12.2. The molecule has 8 atom stereocenters. The Labute approximate surface area is 163 Å². The van der Waals surface area contributed by atoms with Crippen LogP contribution in [0, 0.1) is 40.4 Å². The zero-order chi connectivity index (χ0) is 19.6. The minimum atomic E-state index is -4.37. The van der Waals surface area contributed by atoms with Crippen molar-refractivity contribution in [3.05, 3.63) is 0 Å². The maximum absolute atomic E-state index is 12.2. The molecule has 0 aromatic rings. The molecule has 0 amide bonds. The fraction of sp³-hybridized carbons (Fsp3) is 0.952. The predicted octanol–water partition coefficient (Wildman–Crippen LogP) is 4.42. The molecule has 0 bridgehead atoms. The van der Waals surface area contributed by atoms with E-state index >= 15 is 0 Å². The van der Waals surface area contributed by atoms with Gasteiger partial charge in [-0.3, -0.25) is 9.35 Å². The largest absolute Gasteiger partial charge is 0.397 e. The van der Waals surface area contributed by atoms with Crippen molar-refractivity contribution in [3.8, 4) is 0 Å². The van der Waals surface area contributed by atoms with Crippen LogP contribution in [0.3, 0.4) is 0 Å². The smallest absolute Gasteiger partial charge is 0.300 e. The summed E-state index contributed by atoms with van der Waals surface area (Å²) in [6.45, 7) is 6.57. The molecule has 0 unspecified atom stereocenters. The van der Waals surface area contributed by atoms with E-state index in [2.05, 4.69) is 13.8 Å². The van der Waals surface area contributed by atoms with Crippen LogP contribution in [0.25, 0.3) is 0 Å². The van der Waals surface area contributed by atoms with Gasteiger partial charge in [0.05, 0.1) is 6.10 Å². The van der Waals surface area contributed by atoms with Crippen LogP contribution in [-0.4, -0.2) is 24.9 Å². The molecule has 4 aliphatic carbocycles. The van der Waals surface area contributed by atoms with E-state index in [0.717, 1.165) is 32.1 Å². The van der Waals surface area contributed by atoms with Crippen LogP contribution < -0.4 is 0 Å². The Bertz CT molecular complexity index is 718. The van der Waals surface area contributed by atoms with E-state index in [4.69, 9.17) is 8.74 Å². The summed E-state index contributed by atoms with van der Waals surface area (Å²) in [5.74, 6) is 3.12. The van der Waals surface area contributed by atoms with Crippen molar-refractivity contribution >= 4 is 16.2 Å². The third-order valence-electron chi connectivity index (χ3n) is 9.37. The van der Waals surface area contributed by atoms with E-state index in [0.29, 0.717) is 35.9 Å². The number of ketones is 1. The van der Waals surface area contributed by atoms with Gasteiger partial charge in [-0.1, -0.05) is 13.8 Å². The average molecular weight is 399 g/mol. The van der Waals surface area contributed by atoms with E-state index in [-0.39, 0.29) is 22.9 Å². The molecule has 1 N–H and O–H groups in total. The van der Waals surface area contributed by atoms with Gasteiger partial charge in [-0.2, -0.15) is 8.42 Å². The maximum atomic E-state index is 12.2. The van der Waals surface area contributed by atoms with Crippen LogP contribution >= 0.6 is 0 Å². The Balaban J connectivity index is 1.53. The van der Waals surface area contributed by atoms with Crippen LogP contribution in [0.2, 0.25) is 0 Å². The number of carbonyl (C=O) groups is 1.